The van der Waals surface area contributed by atoms with Gasteiger partial charge in [0.15, 0.2) is 0 Å². The molecular formula is C6H9FO2. The minimum atomic E-state index is -0.394. The second-order valence-corrected chi connectivity index (χ2v) is 0.882. The van der Waals surface area contributed by atoms with Gasteiger partial charge in [-0.2, -0.15) is 0 Å². The Hall–Kier alpha value is -1.12. The average molecular weight is 132 g/mol. The molecular weight excluding hydrogens is 123 g/mol. The molecule has 0 aliphatic rings. The number of hydrogen-bond donors (Lipinski definition) is 0. The predicted octanol–water partition coefficient (Wildman–Crippen LogP) is 1.44. The van der Waals surface area contributed by atoms with Crippen molar-refractivity contribution in [3.63, 3.8) is 0 Å². The summed E-state index contributed by atoms with van der Waals surface area (Å²) in [5, 5.41) is 0. The first-order valence-corrected chi connectivity index (χ1v) is 2.14. The molecule has 3 heteroatoms. The maximum atomic E-state index is 10.1. The van der Waals surface area contributed by atoms with E-state index < -0.39 is 5.97 Å². The monoisotopic (exact) mass is 132 g/mol. The molecule has 0 aliphatic heterocycles. The highest BCUT2D eigenvalue weighted by atomic mass is 19.1. The maximum absolute atomic E-state index is 10.1. The zero-order valence-corrected chi connectivity index (χ0v) is 5.26. The number of ether oxygens (including phenoxy) is 1. The Bertz CT molecular complexity index is 99.2. The zero-order valence-electron chi connectivity index (χ0n) is 5.26. The van der Waals surface area contributed by atoms with Gasteiger partial charge in [-0.05, 0) is 0 Å². The molecule has 2 nitrogen and oxygen atoms in total. The van der Waals surface area contributed by atoms with Gasteiger partial charge in [0.25, 0.3) is 0 Å². The third-order valence-electron chi connectivity index (χ3n) is 0.368. The van der Waals surface area contributed by atoms with Crippen molar-refractivity contribution >= 4 is 5.97 Å². The molecule has 0 amide bonds. The van der Waals surface area contributed by atoms with Gasteiger partial charge in [-0.25, -0.2) is 9.18 Å². The molecule has 52 valence electrons. The van der Waals surface area contributed by atoms with E-state index in [1.165, 1.54) is 7.11 Å². The number of carbonyl (C=O) groups is 1. The smallest absolute Gasteiger partial charge is 0.329 e. The minimum Gasteiger partial charge on any atom is -0.466 e. The number of carbonyl (C=O) groups excluding carboxylic acids is 1. The number of methoxy groups -OCH3 is 1. The van der Waals surface area contributed by atoms with Crippen LogP contribution in [0.1, 0.15) is 0 Å². The van der Waals surface area contributed by atoms with Crippen molar-refractivity contribution in [3.05, 3.63) is 25.6 Å². The molecule has 0 radical (unpaired) electrons. The highest BCUT2D eigenvalue weighted by Crippen LogP contribution is 1.67. The first kappa shape index (κ1) is 10.8. The summed E-state index contributed by atoms with van der Waals surface area (Å²) in [6.07, 6.45) is 1.36. The lowest BCUT2D eigenvalue weighted by Crippen LogP contribution is -1.91. The molecule has 0 bridgehead atoms. The topological polar surface area (TPSA) is 26.3 Å². The van der Waals surface area contributed by atoms with Gasteiger partial charge >= 0.3 is 5.97 Å². The second-order valence-electron chi connectivity index (χ2n) is 0.882. The fourth-order valence-corrected chi connectivity index (χ4v) is 0.0833. The normalized spacial score (nSPS) is 6.00. The highest BCUT2D eigenvalue weighted by molar-refractivity contribution is 5.80. The largest absolute Gasteiger partial charge is 0.466 e. The van der Waals surface area contributed by atoms with Crippen LogP contribution in [0.5, 0.6) is 0 Å². The van der Waals surface area contributed by atoms with E-state index in [-0.39, 0.29) is 6.33 Å². The van der Waals surface area contributed by atoms with Crippen LogP contribution in [0.4, 0.5) is 4.39 Å². The third kappa shape index (κ3) is 19.8. The third-order valence-corrected chi connectivity index (χ3v) is 0.368. The first-order valence-electron chi connectivity index (χ1n) is 2.14. The Kier molecular flexibility index (Phi) is 12.0. The average Bonchev–Trinajstić information content (AvgIpc) is 1.88. The van der Waals surface area contributed by atoms with Gasteiger partial charge in [0.05, 0.1) is 13.4 Å². The molecule has 0 unspecified atom stereocenters. The summed E-state index contributed by atoms with van der Waals surface area (Å²) in [5.74, 6) is -0.394. The Labute approximate surface area is 53.6 Å². The van der Waals surface area contributed by atoms with Crippen molar-refractivity contribution in [1.29, 1.82) is 0 Å². The standard InChI is InChI=1S/C4H6O2.C2H3F/c1-3-4(5)6-2;1-2-3/h3H,1H2,2H3;2H,1H2. The van der Waals surface area contributed by atoms with E-state index in [4.69, 9.17) is 0 Å². The van der Waals surface area contributed by atoms with Crippen LogP contribution in [-0.4, -0.2) is 13.1 Å². The lowest BCUT2D eigenvalue weighted by atomic mass is 10.7. The van der Waals surface area contributed by atoms with Crippen molar-refractivity contribution in [2.24, 2.45) is 0 Å². The maximum Gasteiger partial charge on any atom is 0.329 e. The van der Waals surface area contributed by atoms with E-state index in [2.05, 4.69) is 17.9 Å². The fraction of sp³-hybridized carbons (Fsp3) is 0.167. The summed E-state index contributed by atoms with van der Waals surface area (Å²) >= 11 is 0. The zero-order chi connectivity index (χ0) is 7.70. The van der Waals surface area contributed by atoms with Crippen LogP contribution in [0.2, 0.25) is 0 Å². The number of rotatable bonds is 1. The van der Waals surface area contributed by atoms with Crippen LogP contribution >= 0.6 is 0 Å². The molecule has 0 N–H and O–H groups in total. The molecule has 0 heterocycles. The number of esters is 1. The van der Waals surface area contributed by atoms with E-state index in [1.54, 1.807) is 0 Å². The van der Waals surface area contributed by atoms with E-state index >= 15 is 0 Å². The van der Waals surface area contributed by atoms with Crippen molar-refractivity contribution in [2.75, 3.05) is 7.11 Å². The molecule has 0 aromatic carbocycles. The summed E-state index contributed by atoms with van der Waals surface area (Å²) in [7, 11) is 1.31. The van der Waals surface area contributed by atoms with Gasteiger partial charge in [0.2, 0.25) is 0 Å². The predicted molar refractivity (Wildman–Crippen MR) is 33.5 cm³/mol. The molecule has 0 aromatic heterocycles. The Morgan fingerprint density at radius 3 is 2.00 bits per heavy atom. The Morgan fingerprint density at radius 2 is 2.00 bits per heavy atom. The van der Waals surface area contributed by atoms with Gasteiger partial charge in [-0.3, -0.25) is 0 Å². The summed E-state index contributed by atoms with van der Waals surface area (Å²) < 4.78 is 14.2. The van der Waals surface area contributed by atoms with Gasteiger partial charge in [-0.1, -0.05) is 13.2 Å². The highest BCUT2D eigenvalue weighted by Gasteiger charge is 1.81. The van der Waals surface area contributed by atoms with Crippen molar-refractivity contribution in [2.45, 2.75) is 0 Å². The van der Waals surface area contributed by atoms with Crippen LogP contribution in [0, 0.1) is 0 Å². The molecule has 0 fully saturated rings. The van der Waals surface area contributed by atoms with Crippen LogP contribution in [0.25, 0.3) is 0 Å². The van der Waals surface area contributed by atoms with Crippen LogP contribution in [0.3, 0.4) is 0 Å². The summed E-state index contributed by atoms with van der Waals surface area (Å²) in [6, 6.07) is 0. The summed E-state index contributed by atoms with van der Waals surface area (Å²) in [6.45, 7) is 5.85. The molecule has 0 rings (SSSR count). The van der Waals surface area contributed by atoms with E-state index in [0.29, 0.717) is 0 Å². The fourth-order valence-electron chi connectivity index (χ4n) is 0.0833. The van der Waals surface area contributed by atoms with Crippen LogP contribution < -0.4 is 0 Å². The van der Waals surface area contributed by atoms with Crippen molar-refractivity contribution in [1.82, 2.24) is 0 Å². The summed E-state index contributed by atoms with van der Waals surface area (Å²) in [5.41, 5.74) is 0. The Balaban J connectivity index is 0. The van der Waals surface area contributed by atoms with E-state index in [1.807, 2.05) is 0 Å². The van der Waals surface area contributed by atoms with Crippen molar-refractivity contribution in [3.8, 4) is 0 Å². The first-order chi connectivity index (χ1) is 4.22. The summed E-state index contributed by atoms with van der Waals surface area (Å²) in [4.78, 5) is 9.84. The van der Waals surface area contributed by atoms with Gasteiger partial charge in [0, 0.05) is 6.08 Å². The minimum absolute atomic E-state index is 0.250. The molecule has 0 spiro atoms. The number of halogens is 1. The molecule has 9 heavy (non-hydrogen) atoms. The van der Waals surface area contributed by atoms with Gasteiger partial charge in [0.1, 0.15) is 0 Å². The molecule has 0 saturated carbocycles. The molecule has 0 saturated heterocycles. The van der Waals surface area contributed by atoms with Gasteiger partial charge < -0.3 is 4.74 Å². The van der Waals surface area contributed by atoms with Gasteiger partial charge in [-0.15, -0.1) is 0 Å². The van der Waals surface area contributed by atoms with Crippen LogP contribution in [-0.2, 0) is 9.53 Å². The lowest BCUT2D eigenvalue weighted by molar-refractivity contribution is -0.134. The van der Waals surface area contributed by atoms with E-state index in [9.17, 15) is 9.18 Å². The molecule has 0 aromatic rings. The van der Waals surface area contributed by atoms with Crippen molar-refractivity contribution < 1.29 is 13.9 Å². The number of hydrogen-bond acceptors (Lipinski definition) is 2. The quantitative estimate of drug-likeness (QED) is 0.398. The molecule has 0 aliphatic carbocycles. The van der Waals surface area contributed by atoms with Crippen LogP contribution in [0.15, 0.2) is 25.6 Å². The Morgan fingerprint density at radius 1 is 1.67 bits per heavy atom. The SMILES string of the molecule is C=CC(=O)OC.C=CF. The second kappa shape index (κ2) is 9.99. The van der Waals surface area contributed by atoms with E-state index in [0.717, 1.165) is 6.08 Å². The molecule has 0 atom stereocenters. The lowest BCUT2D eigenvalue weighted by Gasteiger charge is -1.83.